The zero-order valence-electron chi connectivity index (χ0n) is 16.3. The van der Waals surface area contributed by atoms with Gasteiger partial charge in [-0.15, -0.1) is 0 Å². The molecule has 0 spiro atoms. The van der Waals surface area contributed by atoms with Crippen LogP contribution in [-0.2, 0) is 27.4 Å². The molecule has 7 heteroatoms. The molecule has 0 atom stereocenters. The van der Waals surface area contributed by atoms with Gasteiger partial charge in [0.05, 0.1) is 21.7 Å². The van der Waals surface area contributed by atoms with E-state index in [1.54, 1.807) is 24.3 Å². The number of rotatable bonds is 6. The summed E-state index contributed by atoms with van der Waals surface area (Å²) in [6.07, 6.45) is -0.110. The molecule has 1 amide bonds. The van der Waals surface area contributed by atoms with Crippen molar-refractivity contribution >= 4 is 37.3 Å². The minimum absolute atomic E-state index is 0.0598. The second-order valence-corrected chi connectivity index (χ2v) is 10.4. The lowest BCUT2D eigenvalue weighted by atomic mass is 10.0. The summed E-state index contributed by atoms with van der Waals surface area (Å²) in [4.78, 5) is 17.0. The topological polar surface area (TPSA) is 68.5 Å². The van der Waals surface area contributed by atoms with E-state index in [1.807, 2.05) is 23.7 Å². The summed E-state index contributed by atoms with van der Waals surface area (Å²) >= 11 is 1.45. The third-order valence-electron chi connectivity index (χ3n) is 4.58. The number of thiazole rings is 1. The van der Waals surface area contributed by atoms with Gasteiger partial charge in [0.15, 0.2) is 14.6 Å². The fourth-order valence-corrected chi connectivity index (χ4v) is 5.34. The summed E-state index contributed by atoms with van der Waals surface area (Å²) in [5.41, 5.74) is 2.97. The molecular formula is C21H24N2O3S2. The summed E-state index contributed by atoms with van der Waals surface area (Å²) < 4.78 is 27.5. The maximum Gasteiger partial charge on any atom is 0.249 e. The molecule has 0 aliphatic rings. The smallest absolute Gasteiger partial charge is 0.249 e. The number of nitrogens with zero attached hydrogens (tertiary/aromatic N) is 2. The quantitative estimate of drug-likeness (QED) is 0.614. The Balaban J connectivity index is 1.74. The highest BCUT2D eigenvalue weighted by atomic mass is 32.2. The number of carbonyl (C=O) groups is 1. The second-order valence-electron chi connectivity index (χ2n) is 7.16. The lowest BCUT2D eigenvalue weighted by Gasteiger charge is -2.04. The molecule has 28 heavy (non-hydrogen) atoms. The minimum atomic E-state index is -3.36. The van der Waals surface area contributed by atoms with Gasteiger partial charge in [-0.05, 0) is 29.2 Å². The van der Waals surface area contributed by atoms with Gasteiger partial charge in [0.25, 0.3) is 0 Å². The van der Waals surface area contributed by atoms with Gasteiger partial charge in [-0.25, -0.2) is 8.42 Å². The monoisotopic (exact) mass is 416 g/mol. The van der Waals surface area contributed by atoms with Crippen molar-refractivity contribution in [3.05, 3.63) is 64.5 Å². The van der Waals surface area contributed by atoms with Crippen LogP contribution in [0, 0.1) is 0 Å². The van der Waals surface area contributed by atoms with Crippen molar-refractivity contribution in [3.8, 4) is 0 Å². The molecule has 0 radical (unpaired) electrons. The van der Waals surface area contributed by atoms with E-state index in [9.17, 15) is 13.2 Å². The fraction of sp³-hybridized carbons (Fsp3) is 0.333. The standard InChI is InChI=1S/C21H24N2O3S2/c1-15(2)17-9-10-18-19(13-17)27-21(23(18)3)22-20(24)11-12-28(25,26)14-16-7-5-4-6-8-16/h4-10,13,15H,11-12,14H2,1-3H3. The molecule has 0 saturated heterocycles. The van der Waals surface area contributed by atoms with Crippen LogP contribution in [0.5, 0.6) is 0 Å². The molecule has 2 aromatic carbocycles. The number of aromatic nitrogens is 1. The fourth-order valence-electron chi connectivity index (χ4n) is 2.92. The van der Waals surface area contributed by atoms with E-state index < -0.39 is 15.7 Å². The van der Waals surface area contributed by atoms with Crippen LogP contribution in [-0.4, -0.2) is 24.6 Å². The molecule has 1 heterocycles. The van der Waals surface area contributed by atoms with Crippen LogP contribution in [0.1, 0.15) is 37.3 Å². The van der Waals surface area contributed by atoms with Gasteiger partial charge in [-0.3, -0.25) is 4.79 Å². The van der Waals surface area contributed by atoms with Crippen molar-refractivity contribution in [1.29, 1.82) is 0 Å². The lowest BCUT2D eigenvalue weighted by Crippen LogP contribution is -2.16. The molecule has 0 N–H and O–H groups in total. The van der Waals surface area contributed by atoms with Gasteiger partial charge in [-0.2, -0.15) is 4.99 Å². The first-order valence-electron chi connectivity index (χ1n) is 9.16. The molecule has 5 nitrogen and oxygen atoms in total. The van der Waals surface area contributed by atoms with Crippen LogP contribution >= 0.6 is 11.3 Å². The van der Waals surface area contributed by atoms with Gasteiger partial charge in [0, 0.05) is 13.5 Å². The number of benzene rings is 2. The van der Waals surface area contributed by atoms with E-state index in [0.717, 1.165) is 15.8 Å². The highest BCUT2D eigenvalue weighted by molar-refractivity contribution is 7.90. The molecule has 1 aromatic heterocycles. The highest BCUT2D eigenvalue weighted by Gasteiger charge is 2.15. The van der Waals surface area contributed by atoms with Gasteiger partial charge in [-0.1, -0.05) is 61.6 Å². The van der Waals surface area contributed by atoms with E-state index in [1.165, 1.54) is 16.9 Å². The summed E-state index contributed by atoms with van der Waals surface area (Å²) in [5.74, 6) is -0.247. The van der Waals surface area contributed by atoms with Crippen molar-refractivity contribution in [1.82, 2.24) is 4.57 Å². The Labute approximate surface area is 169 Å². The van der Waals surface area contributed by atoms with Crippen molar-refractivity contribution in [2.24, 2.45) is 12.0 Å². The number of aryl methyl sites for hydroxylation is 1. The zero-order valence-corrected chi connectivity index (χ0v) is 17.9. The average molecular weight is 417 g/mol. The SMILES string of the molecule is CC(C)c1ccc2c(c1)sc(=NC(=O)CCS(=O)(=O)Cc1ccccc1)n2C. The van der Waals surface area contributed by atoms with Crippen molar-refractivity contribution < 1.29 is 13.2 Å². The van der Waals surface area contributed by atoms with E-state index in [2.05, 4.69) is 31.0 Å². The minimum Gasteiger partial charge on any atom is -0.319 e. The predicted octanol–water partition coefficient (Wildman–Crippen LogP) is 3.80. The molecule has 0 aliphatic heterocycles. The lowest BCUT2D eigenvalue weighted by molar-refractivity contribution is -0.117. The molecule has 0 unspecified atom stereocenters. The van der Waals surface area contributed by atoms with Crippen molar-refractivity contribution in [3.63, 3.8) is 0 Å². The molecule has 0 saturated carbocycles. The molecule has 0 aliphatic carbocycles. The Morgan fingerprint density at radius 1 is 1.14 bits per heavy atom. The van der Waals surface area contributed by atoms with Crippen LogP contribution < -0.4 is 4.80 Å². The summed E-state index contributed by atoms with van der Waals surface area (Å²) in [5, 5.41) is 0. The van der Waals surface area contributed by atoms with Crippen molar-refractivity contribution in [2.75, 3.05) is 5.75 Å². The third-order valence-corrected chi connectivity index (χ3v) is 7.27. The normalized spacial score (nSPS) is 12.8. The predicted molar refractivity (Wildman–Crippen MR) is 114 cm³/mol. The van der Waals surface area contributed by atoms with Gasteiger partial charge in [0.2, 0.25) is 5.91 Å². The number of sulfone groups is 1. The second kappa shape index (κ2) is 8.41. The Hall–Kier alpha value is -2.25. The number of hydrogen-bond donors (Lipinski definition) is 0. The first-order valence-corrected chi connectivity index (χ1v) is 11.8. The maximum absolute atomic E-state index is 12.3. The highest BCUT2D eigenvalue weighted by Crippen LogP contribution is 2.23. The van der Waals surface area contributed by atoms with E-state index >= 15 is 0 Å². The Bertz CT molecular complexity index is 1160. The number of amides is 1. The van der Waals surface area contributed by atoms with Crippen LogP contribution in [0.2, 0.25) is 0 Å². The molecule has 0 bridgehead atoms. The Morgan fingerprint density at radius 2 is 1.86 bits per heavy atom. The number of carbonyl (C=O) groups excluding carboxylic acids is 1. The third kappa shape index (κ3) is 4.97. The number of hydrogen-bond acceptors (Lipinski definition) is 4. The van der Waals surface area contributed by atoms with Gasteiger partial charge in [0.1, 0.15) is 0 Å². The van der Waals surface area contributed by atoms with E-state index in [-0.39, 0.29) is 17.9 Å². The van der Waals surface area contributed by atoms with Gasteiger partial charge >= 0.3 is 0 Å². The first kappa shape index (κ1) is 20.5. The van der Waals surface area contributed by atoms with Crippen LogP contribution in [0.25, 0.3) is 10.2 Å². The summed E-state index contributed by atoms with van der Waals surface area (Å²) in [7, 11) is -1.49. The molecule has 3 rings (SSSR count). The average Bonchev–Trinajstić information content (AvgIpc) is 2.95. The van der Waals surface area contributed by atoms with Crippen molar-refractivity contribution in [2.45, 2.75) is 31.9 Å². The molecule has 0 fully saturated rings. The maximum atomic E-state index is 12.3. The van der Waals surface area contributed by atoms with Crippen LogP contribution in [0.3, 0.4) is 0 Å². The van der Waals surface area contributed by atoms with Gasteiger partial charge < -0.3 is 4.57 Å². The summed E-state index contributed by atoms with van der Waals surface area (Å²) in [6, 6.07) is 15.2. The zero-order chi connectivity index (χ0) is 20.3. The van der Waals surface area contributed by atoms with E-state index in [0.29, 0.717) is 10.7 Å². The first-order chi connectivity index (χ1) is 13.2. The largest absolute Gasteiger partial charge is 0.319 e. The Morgan fingerprint density at radius 3 is 2.54 bits per heavy atom. The van der Waals surface area contributed by atoms with E-state index in [4.69, 9.17) is 0 Å². The molecule has 148 valence electrons. The Kier molecular flexibility index (Phi) is 6.15. The molecule has 3 aromatic rings. The van der Waals surface area contributed by atoms with Crippen LogP contribution in [0.4, 0.5) is 0 Å². The molecular weight excluding hydrogens is 392 g/mol. The number of fused-ring (bicyclic) bond motifs is 1. The summed E-state index contributed by atoms with van der Waals surface area (Å²) in [6.45, 7) is 4.28. The van der Waals surface area contributed by atoms with Crippen LogP contribution in [0.15, 0.2) is 53.5 Å².